The molecule has 2 N–H and O–H groups in total. The van der Waals surface area contributed by atoms with Gasteiger partial charge in [0, 0.05) is 30.4 Å². The van der Waals surface area contributed by atoms with Gasteiger partial charge in [-0.25, -0.2) is 0 Å². The maximum Gasteiger partial charge on any atom is 0.253 e. The Morgan fingerprint density at radius 2 is 1.91 bits per heavy atom. The second-order valence-electron chi connectivity index (χ2n) is 5.82. The molecular formula is C17H27ClN2OS. The Morgan fingerprint density at radius 1 is 1.32 bits per heavy atom. The molecule has 0 bridgehead atoms. The van der Waals surface area contributed by atoms with Crippen molar-refractivity contribution in [2.24, 2.45) is 11.7 Å². The van der Waals surface area contributed by atoms with Gasteiger partial charge in [0.2, 0.25) is 0 Å². The lowest BCUT2D eigenvalue weighted by Gasteiger charge is -2.33. The van der Waals surface area contributed by atoms with Gasteiger partial charge >= 0.3 is 0 Å². The van der Waals surface area contributed by atoms with Crippen molar-refractivity contribution in [2.45, 2.75) is 38.5 Å². The number of nitrogens with two attached hydrogens (primary N) is 1. The smallest absolute Gasteiger partial charge is 0.253 e. The van der Waals surface area contributed by atoms with Crippen LogP contribution in [0.3, 0.4) is 0 Å². The monoisotopic (exact) mass is 342 g/mol. The first-order valence-electron chi connectivity index (χ1n) is 7.83. The van der Waals surface area contributed by atoms with Crippen molar-refractivity contribution in [3.05, 3.63) is 35.4 Å². The van der Waals surface area contributed by atoms with Crippen LogP contribution in [0.15, 0.2) is 24.3 Å². The average Bonchev–Trinajstić information content (AvgIpc) is 2.53. The van der Waals surface area contributed by atoms with Gasteiger partial charge in [0.05, 0.1) is 0 Å². The van der Waals surface area contributed by atoms with E-state index >= 15 is 0 Å². The van der Waals surface area contributed by atoms with Crippen molar-refractivity contribution in [1.29, 1.82) is 0 Å². The first-order chi connectivity index (χ1) is 10.1. The van der Waals surface area contributed by atoms with Crippen LogP contribution in [0.5, 0.6) is 0 Å². The fourth-order valence-electron chi connectivity index (χ4n) is 2.77. The number of hydrogen-bond acceptors (Lipinski definition) is 3. The fourth-order valence-corrected chi connectivity index (χ4v) is 3.41. The van der Waals surface area contributed by atoms with Crippen LogP contribution in [0.1, 0.15) is 42.6 Å². The predicted molar refractivity (Wildman–Crippen MR) is 97.8 cm³/mol. The minimum Gasteiger partial charge on any atom is -0.339 e. The summed E-state index contributed by atoms with van der Waals surface area (Å²) in [6, 6.07) is 8.31. The Bertz CT molecular complexity index is 456. The van der Waals surface area contributed by atoms with Gasteiger partial charge in [-0.3, -0.25) is 4.79 Å². The lowest BCUT2D eigenvalue weighted by atomic mass is 9.90. The summed E-state index contributed by atoms with van der Waals surface area (Å²) < 4.78 is 0. The molecule has 0 saturated carbocycles. The number of halogens is 1. The molecule has 1 aliphatic heterocycles. The number of likely N-dealkylation sites (tertiary alicyclic amines) is 1. The highest BCUT2D eigenvalue weighted by Crippen LogP contribution is 2.21. The normalized spacial score (nSPS) is 17.0. The highest BCUT2D eigenvalue weighted by molar-refractivity contribution is 7.98. The van der Waals surface area contributed by atoms with Crippen molar-refractivity contribution in [3.63, 3.8) is 0 Å². The molecule has 22 heavy (non-hydrogen) atoms. The average molecular weight is 343 g/mol. The molecule has 1 saturated heterocycles. The Morgan fingerprint density at radius 3 is 2.41 bits per heavy atom. The molecule has 0 radical (unpaired) electrons. The number of amides is 1. The maximum atomic E-state index is 12.5. The van der Waals surface area contributed by atoms with Gasteiger partial charge in [-0.05, 0) is 49.1 Å². The van der Waals surface area contributed by atoms with Crippen LogP contribution >= 0.6 is 24.2 Å². The van der Waals surface area contributed by atoms with Gasteiger partial charge in [-0.2, -0.15) is 11.8 Å². The molecule has 1 aliphatic rings. The van der Waals surface area contributed by atoms with Crippen molar-refractivity contribution >= 4 is 30.1 Å². The lowest BCUT2D eigenvalue weighted by Crippen LogP contribution is -2.42. The number of thioether (sulfide) groups is 1. The zero-order valence-corrected chi connectivity index (χ0v) is 15.1. The molecule has 1 amide bonds. The Labute approximate surface area is 144 Å². The molecule has 2 rings (SSSR count). The number of nitrogens with zero attached hydrogens (tertiary/aromatic N) is 1. The zero-order chi connectivity index (χ0) is 15.2. The van der Waals surface area contributed by atoms with E-state index in [1.807, 2.05) is 28.8 Å². The van der Waals surface area contributed by atoms with Gasteiger partial charge in [-0.1, -0.05) is 19.1 Å². The van der Waals surface area contributed by atoms with Crippen molar-refractivity contribution in [3.8, 4) is 0 Å². The summed E-state index contributed by atoms with van der Waals surface area (Å²) in [5.74, 6) is 2.86. The summed E-state index contributed by atoms with van der Waals surface area (Å²) >= 11 is 1.90. The van der Waals surface area contributed by atoms with Crippen LogP contribution in [-0.2, 0) is 5.75 Å². The van der Waals surface area contributed by atoms with Crippen LogP contribution < -0.4 is 5.73 Å². The van der Waals surface area contributed by atoms with Crippen LogP contribution in [-0.4, -0.2) is 35.7 Å². The van der Waals surface area contributed by atoms with Gasteiger partial charge in [0.1, 0.15) is 0 Å². The third-order valence-electron chi connectivity index (χ3n) is 4.24. The van der Waals surface area contributed by atoms with Crippen LogP contribution in [0.4, 0.5) is 0 Å². The van der Waals surface area contributed by atoms with E-state index in [1.165, 1.54) is 5.56 Å². The number of hydrogen-bond donors (Lipinski definition) is 1. The molecule has 1 fully saturated rings. The molecule has 5 heteroatoms. The van der Waals surface area contributed by atoms with Crippen molar-refractivity contribution < 1.29 is 4.79 Å². The second kappa shape index (κ2) is 9.43. The highest BCUT2D eigenvalue weighted by atomic mass is 35.5. The largest absolute Gasteiger partial charge is 0.339 e. The van der Waals surface area contributed by atoms with Crippen LogP contribution in [0.25, 0.3) is 0 Å². The third-order valence-corrected chi connectivity index (χ3v) is 5.19. The van der Waals surface area contributed by atoms with Gasteiger partial charge in [-0.15, -0.1) is 12.4 Å². The van der Waals surface area contributed by atoms with Crippen molar-refractivity contribution in [2.75, 3.05) is 18.8 Å². The third kappa shape index (κ3) is 5.18. The molecule has 1 unspecified atom stereocenters. The van der Waals surface area contributed by atoms with E-state index in [-0.39, 0.29) is 24.4 Å². The zero-order valence-electron chi connectivity index (χ0n) is 13.5. The Balaban J connectivity index is 0.00000242. The number of carbonyl (C=O) groups is 1. The number of carbonyl (C=O) groups excluding carboxylic acids is 1. The topological polar surface area (TPSA) is 46.3 Å². The van der Waals surface area contributed by atoms with E-state index in [9.17, 15) is 4.79 Å². The molecule has 0 spiro atoms. The van der Waals surface area contributed by atoms with E-state index < -0.39 is 0 Å². The fraction of sp³-hybridized carbons (Fsp3) is 0.588. The molecule has 0 aromatic heterocycles. The molecule has 1 heterocycles. The lowest BCUT2D eigenvalue weighted by molar-refractivity contribution is 0.0681. The van der Waals surface area contributed by atoms with E-state index in [0.29, 0.717) is 5.92 Å². The second-order valence-corrected chi connectivity index (χ2v) is 7.10. The molecule has 124 valence electrons. The summed E-state index contributed by atoms with van der Waals surface area (Å²) in [5, 5.41) is 0. The van der Waals surface area contributed by atoms with Crippen molar-refractivity contribution in [1.82, 2.24) is 4.90 Å². The van der Waals surface area contributed by atoms with Gasteiger partial charge in [0.15, 0.2) is 0 Å². The number of piperidine rings is 1. The van der Waals surface area contributed by atoms with Crippen LogP contribution in [0, 0.1) is 5.92 Å². The molecule has 0 aliphatic carbocycles. The molecule has 1 aromatic carbocycles. The molecule has 3 nitrogen and oxygen atoms in total. The quantitative estimate of drug-likeness (QED) is 0.889. The standard InChI is InChI=1S/C17H26N2OS.ClH/c1-3-21-12-14-4-6-16(7-5-14)17(20)19-10-8-15(9-11-19)13(2)18;/h4-7,13,15H,3,8-12,18H2,1-2H3;1H. The summed E-state index contributed by atoms with van der Waals surface area (Å²) in [4.78, 5) is 14.5. The van der Waals surface area contributed by atoms with Gasteiger partial charge < -0.3 is 10.6 Å². The van der Waals surface area contributed by atoms with E-state index in [2.05, 4.69) is 26.0 Å². The minimum absolute atomic E-state index is 0. The van der Waals surface area contributed by atoms with E-state index in [0.717, 1.165) is 43.0 Å². The highest BCUT2D eigenvalue weighted by Gasteiger charge is 2.25. The number of rotatable bonds is 5. The summed E-state index contributed by atoms with van der Waals surface area (Å²) in [6.07, 6.45) is 2.04. The summed E-state index contributed by atoms with van der Waals surface area (Å²) in [7, 11) is 0. The Kier molecular flexibility index (Phi) is 8.29. The van der Waals surface area contributed by atoms with Crippen LogP contribution in [0.2, 0.25) is 0 Å². The van der Waals surface area contributed by atoms with Gasteiger partial charge in [0.25, 0.3) is 5.91 Å². The SMILES string of the molecule is CCSCc1ccc(C(=O)N2CCC(C(C)N)CC2)cc1.Cl. The first kappa shape index (κ1) is 19.3. The Hall–Kier alpha value is -0.710. The maximum absolute atomic E-state index is 12.5. The number of benzene rings is 1. The predicted octanol–water partition coefficient (Wildman–Crippen LogP) is 3.56. The minimum atomic E-state index is 0. The summed E-state index contributed by atoms with van der Waals surface area (Å²) in [5.41, 5.74) is 8.04. The molecular weight excluding hydrogens is 316 g/mol. The molecule has 1 atom stereocenters. The summed E-state index contributed by atoms with van der Waals surface area (Å²) in [6.45, 7) is 5.89. The van der Waals surface area contributed by atoms with E-state index in [1.54, 1.807) is 0 Å². The molecule has 1 aromatic rings. The first-order valence-corrected chi connectivity index (χ1v) is 8.98. The van der Waals surface area contributed by atoms with E-state index in [4.69, 9.17) is 5.73 Å².